The Labute approximate surface area is 134 Å². The number of aryl methyl sites for hydroxylation is 1. The van der Waals surface area contributed by atoms with Gasteiger partial charge in [0.15, 0.2) is 27.4 Å². The van der Waals surface area contributed by atoms with Gasteiger partial charge in [-0.15, -0.1) is 0 Å². The van der Waals surface area contributed by atoms with Crippen molar-refractivity contribution in [2.75, 3.05) is 12.9 Å². The van der Waals surface area contributed by atoms with Gasteiger partial charge in [-0.05, 0) is 25.1 Å². The molecule has 0 bridgehead atoms. The molecule has 118 valence electrons. The van der Waals surface area contributed by atoms with Gasteiger partial charge < -0.3 is 9.47 Å². The first-order valence-electron chi connectivity index (χ1n) is 6.89. The van der Waals surface area contributed by atoms with Gasteiger partial charge in [0, 0.05) is 23.7 Å². The summed E-state index contributed by atoms with van der Waals surface area (Å²) in [6.07, 6.45) is 1.99. The molecule has 6 nitrogen and oxygen atoms in total. The Morgan fingerprint density at radius 2 is 2.17 bits per heavy atom. The van der Waals surface area contributed by atoms with E-state index in [1.54, 1.807) is 31.2 Å². The molecular formula is C16H14N2O4S. The molecule has 3 rings (SSSR count). The molecule has 0 amide bonds. The zero-order valence-corrected chi connectivity index (χ0v) is 13.4. The second kappa shape index (κ2) is 5.56. The fraction of sp³-hybridized carbons (Fsp3) is 0.250. The van der Waals surface area contributed by atoms with Crippen LogP contribution in [-0.2, 0) is 9.84 Å². The molecule has 0 saturated carbocycles. The average Bonchev–Trinajstić information content (AvgIpc) is 2.53. The lowest BCUT2D eigenvalue weighted by atomic mass is 10.1. The normalized spacial score (nSPS) is 16.7. The molecule has 1 aliphatic heterocycles. The van der Waals surface area contributed by atoms with Gasteiger partial charge in [0.25, 0.3) is 0 Å². The summed E-state index contributed by atoms with van der Waals surface area (Å²) in [4.78, 5) is 4.28. The van der Waals surface area contributed by atoms with Crippen molar-refractivity contribution in [2.45, 2.75) is 17.9 Å². The van der Waals surface area contributed by atoms with Crippen LogP contribution in [0.5, 0.6) is 11.5 Å². The van der Waals surface area contributed by atoms with Crippen molar-refractivity contribution in [1.82, 2.24) is 4.98 Å². The van der Waals surface area contributed by atoms with Crippen LogP contribution in [0, 0.1) is 18.3 Å². The lowest BCUT2D eigenvalue weighted by Crippen LogP contribution is -2.23. The maximum atomic E-state index is 11.7. The number of rotatable bonds is 2. The Balaban J connectivity index is 2.00. The molecule has 1 aliphatic rings. The molecule has 1 unspecified atom stereocenters. The van der Waals surface area contributed by atoms with E-state index in [2.05, 4.69) is 11.1 Å². The summed E-state index contributed by atoms with van der Waals surface area (Å²) in [5, 5.41) is 9.08. The van der Waals surface area contributed by atoms with Crippen molar-refractivity contribution in [3.8, 4) is 17.6 Å². The third-order valence-electron chi connectivity index (χ3n) is 3.62. The minimum Gasteiger partial charge on any atom is -0.484 e. The van der Waals surface area contributed by atoms with Crippen LogP contribution in [0.4, 0.5) is 0 Å². The standard InChI is InChI=1S/C16H14N2O4S/c1-10-13(6-12(8-18-10)23(2,19)20)15-9-21-16-11(7-17)4-3-5-14(16)22-15/h3-6,8,15H,9H2,1-2H3. The monoisotopic (exact) mass is 330 g/mol. The molecule has 1 aromatic carbocycles. The van der Waals surface area contributed by atoms with Crippen LogP contribution in [0.1, 0.15) is 22.9 Å². The summed E-state index contributed by atoms with van der Waals surface area (Å²) in [5.41, 5.74) is 1.73. The van der Waals surface area contributed by atoms with E-state index in [-0.39, 0.29) is 11.5 Å². The van der Waals surface area contributed by atoms with Gasteiger partial charge in [-0.1, -0.05) is 6.07 Å². The van der Waals surface area contributed by atoms with Crippen LogP contribution < -0.4 is 9.47 Å². The molecule has 1 aromatic heterocycles. The highest BCUT2D eigenvalue weighted by Gasteiger charge is 2.27. The van der Waals surface area contributed by atoms with Gasteiger partial charge in [0.05, 0.1) is 10.5 Å². The summed E-state index contributed by atoms with van der Waals surface area (Å²) in [6, 6.07) is 8.69. The van der Waals surface area contributed by atoms with E-state index >= 15 is 0 Å². The first-order valence-corrected chi connectivity index (χ1v) is 8.78. The predicted molar refractivity (Wildman–Crippen MR) is 82.1 cm³/mol. The average molecular weight is 330 g/mol. The van der Waals surface area contributed by atoms with Gasteiger partial charge in [-0.2, -0.15) is 5.26 Å². The molecule has 0 spiro atoms. The van der Waals surface area contributed by atoms with Crippen molar-refractivity contribution >= 4 is 9.84 Å². The summed E-state index contributed by atoms with van der Waals surface area (Å²) in [5.74, 6) is 0.876. The number of benzene rings is 1. The number of nitrogens with zero attached hydrogens (tertiary/aromatic N) is 2. The van der Waals surface area contributed by atoms with Gasteiger partial charge >= 0.3 is 0 Å². The van der Waals surface area contributed by atoms with Crippen molar-refractivity contribution in [3.05, 3.63) is 47.3 Å². The smallest absolute Gasteiger partial charge is 0.179 e. The number of sulfone groups is 1. The van der Waals surface area contributed by atoms with E-state index in [4.69, 9.17) is 14.7 Å². The zero-order chi connectivity index (χ0) is 16.6. The minimum atomic E-state index is -3.35. The largest absolute Gasteiger partial charge is 0.484 e. The summed E-state index contributed by atoms with van der Waals surface area (Å²) < 4.78 is 35.0. The van der Waals surface area contributed by atoms with E-state index in [9.17, 15) is 8.42 Å². The molecule has 0 saturated heterocycles. The number of fused-ring (bicyclic) bond motifs is 1. The highest BCUT2D eigenvalue weighted by atomic mass is 32.2. The molecule has 2 heterocycles. The predicted octanol–water partition coefficient (Wildman–Crippen LogP) is 2.18. The van der Waals surface area contributed by atoms with Gasteiger partial charge in [0.2, 0.25) is 0 Å². The van der Waals surface area contributed by atoms with Crippen molar-refractivity contribution in [2.24, 2.45) is 0 Å². The quantitative estimate of drug-likeness (QED) is 0.838. The molecule has 23 heavy (non-hydrogen) atoms. The molecule has 1 atom stereocenters. The fourth-order valence-electron chi connectivity index (χ4n) is 2.40. The first kappa shape index (κ1) is 15.3. The number of pyridine rings is 1. The molecule has 0 radical (unpaired) electrons. The number of para-hydroxylation sites is 1. The first-order chi connectivity index (χ1) is 10.9. The Morgan fingerprint density at radius 1 is 1.39 bits per heavy atom. The Bertz CT molecular complexity index is 916. The van der Waals surface area contributed by atoms with E-state index in [0.717, 1.165) is 6.26 Å². The second-order valence-corrected chi connectivity index (χ2v) is 7.30. The van der Waals surface area contributed by atoms with Crippen LogP contribution in [0.2, 0.25) is 0 Å². The maximum absolute atomic E-state index is 11.7. The van der Waals surface area contributed by atoms with Gasteiger partial charge in [-0.25, -0.2) is 8.42 Å². The lowest BCUT2D eigenvalue weighted by molar-refractivity contribution is 0.0901. The third kappa shape index (κ3) is 2.85. The van der Waals surface area contributed by atoms with Crippen LogP contribution in [-0.4, -0.2) is 26.3 Å². The van der Waals surface area contributed by atoms with Crippen LogP contribution in [0.15, 0.2) is 35.4 Å². The van der Waals surface area contributed by atoms with E-state index in [0.29, 0.717) is 28.3 Å². The fourth-order valence-corrected chi connectivity index (χ4v) is 2.99. The molecule has 0 fully saturated rings. The van der Waals surface area contributed by atoms with Crippen molar-refractivity contribution in [1.29, 1.82) is 5.26 Å². The zero-order valence-electron chi connectivity index (χ0n) is 12.6. The van der Waals surface area contributed by atoms with Crippen LogP contribution in [0.25, 0.3) is 0 Å². The number of nitriles is 1. The number of hydrogen-bond acceptors (Lipinski definition) is 6. The second-order valence-electron chi connectivity index (χ2n) is 5.28. The van der Waals surface area contributed by atoms with E-state index < -0.39 is 15.9 Å². The molecule has 0 N–H and O–H groups in total. The van der Waals surface area contributed by atoms with Crippen molar-refractivity contribution in [3.63, 3.8) is 0 Å². The maximum Gasteiger partial charge on any atom is 0.179 e. The Kier molecular flexibility index (Phi) is 3.70. The molecular weight excluding hydrogens is 316 g/mol. The topological polar surface area (TPSA) is 89.3 Å². The number of hydrogen-bond donors (Lipinski definition) is 0. The van der Waals surface area contributed by atoms with E-state index in [1.165, 1.54) is 6.20 Å². The van der Waals surface area contributed by atoms with Crippen LogP contribution in [0.3, 0.4) is 0 Å². The summed E-state index contributed by atoms with van der Waals surface area (Å²) in [7, 11) is -3.35. The van der Waals surface area contributed by atoms with Crippen LogP contribution >= 0.6 is 0 Å². The van der Waals surface area contributed by atoms with Crippen molar-refractivity contribution < 1.29 is 17.9 Å². The Hall–Kier alpha value is -2.59. The highest BCUT2D eigenvalue weighted by Crippen LogP contribution is 2.39. The van der Waals surface area contributed by atoms with Gasteiger partial charge in [0.1, 0.15) is 12.7 Å². The number of aromatic nitrogens is 1. The summed E-state index contributed by atoms with van der Waals surface area (Å²) >= 11 is 0. The summed E-state index contributed by atoms with van der Waals surface area (Å²) in [6.45, 7) is 1.97. The SMILES string of the molecule is Cc1ncc(S(C)(=O)=O)cc1C1COc2c(C#N)cccc2O1. The Morgan fingerprint density at radius 3 is 2.87 bits per heavy atom. The number of ether oxygens (including phenoxy) is 2. The van der Waals surface area contributed by atoms with E-state index in [1.807, 2.05) is 0 Å². The lowest BCUT2D eigenvalue weighted by Gasteiger charge is -2.28. The highest BCUT2D eigenvalue weighted by molar-refractivity contribution is 7.90. The minimum absolute atomic E-state index is 0.137. The van der Waals surface area contributed by atoms with Gasteiger partial charge in [-0.3, -0.25) is 4.98 Å². The molecule has 7 heteroatoms. The molecule has 2 aromatic rings. The molecule has 0 aliphatic carbocycles. The third-order valence-corrected chi connectivity index (χ3v) is 4.70.